The van der Waals surface area contributed by atoms with Crippen LogP contribution in [0.3, 0.4) is 0 Å². The van der Waals surface area contributed by atoms with E-state index >= 15 is 0 Å². The van der Waals surface area contributed by atoms with E-state index in [-0.39, 0.29) is 32.0 Å². The van der Waals surface area contributed by atoms with Gasteiger partial charge in [-0.2, -0.15) is 0 Å². The molecule has 0 aliphatic carbocycles. The lowest BCUT2D eigenvalue weighted by Crippen LogP contribution is -2.21. The molecule has 0 heterocycles. The molecule has 378 valence electrons. The number of rotatable bonds is 45. The second-order valence-electron chi connectivity index (χ2n) is 17.2. The van der Waals surface area contributed by atoms with Crippen molar-refractivity contribution in [2.45, 2.75) is 258 Å². The molecule has 1 atom stereocenters. The van der Waals surface area contributed by atoms with Crippen molar-refractivity contribution < 1.29 is 39.5 Å². The Labute approximate surface area is 400 Å². The van der Waals surface area contributed by atoms with E-state index in [1.54, 1.807) is 0 Å². The van der Waals surface area contributed by atoms with Crippen molar-refractivity contribution in [1.82, 2.24) is 0 Å². The third kappa shape index (κ3) is 70.0. The van der Waals surface area contributed by atoms with Gasteiger partial charge in [0.2, 0.25) is 0 Å². The summed E-state index contributed by atoms with van der Waals surface area (Å²) < 4.78 is 4.85. The molecule has 0 rings (SSSR count). The Balaban J connectivity index is -0.000000896. The average molecular weight is 913 g/mol. The van der Waals surface area contributed by atoms with Crippen LogP contribution < -0.4 is 10.2 Å². The van der Waals surface area contributed by atoms with Crippen LogP contribution in [0.4, 0.5) is 0 Å². The van der Waals surface area contributed by atoms with Gasteiger partial charge >= 0.3 is 5.97 Å². The van der Waals surface area contributed by atoms with E-state index in [0.29, 0.717) is 6.42 Å². The van der Waals surface area contributed by atoms with Gasteiger partial charge in [0.25, 0.3) is 0 Å². The van der Waals surface area contributed by atoms with E-state index in [1.165, 1.54) is 116 Å². The summed E-state index contributed by atoms with van der Waals surface area (Å²) in [7, 11) is 0. The Kier molecular flexibility index (Phi) is 61.7. The number of ether oxygens (including phenoxy) is 1. The molecule has 0 saturated heterocycles. The van der Waals surface area contributed by atoms with Crippen LogP contribution in [-0.4, -0.2) is 47.4 Å². The molecule has 0 aromatic rings. The van der Waals surface area contributed by atoms with Crippen molar-refractivity contribution in [1.29, 1.82) is 0 Å². The summed E-state index contributed by atoms with van der Waals surface area (Å²) in [5.41, 5.74) is 0. The molecule has 0 aliphatic heterocycles. The summed E-state index contributed by atoms with van der Waals surface area (Å²) in [6.45, 7) is 6.20. The number of carboxylic acids is 2. The van der Waals surface area contributed by atoms with Gasteiger partial charge in [0.15, 0.2) is 0 Å². The molecule has 0 aliphatic rings. The zero-order valence-electron chi connectivity index (χ0n) is 42.2. The quantitative estimate of drug-likeness (QED) is 0.0349. The maximum Gasteiger partial charge on any atom is 0.305 e. The number of carbonyl (C=O) groups is 3. The number of esters is 1. The normalized spacial score (nSPS) is 12.1. The summed E-state index contributed by atoms with van der Waals surface area (Å²) in [5, 5.41) is 38.1. The lowest BCUT2D eigenvalue weighted by Gasteiger charge is -2.08. The second-order valence-corrected chi connectivity index (χ2v) is 17.2. The lowest BCUT2D eigenvalue weighted by molar-refractivity contribution is -0.307. The Hall–Kier alpha value is -3.23. The molecule has 0 spiro atoms. The van der Waals surface area contributed by atoms with Gasteiger partial charge in [0.1, 0.15) is 12.7 Å². The highest BCUT2D eigenvalue weighted by molar-refractivity contribution is 5.69. The van der Waals surface area contributed by atoms with Crippen molar-refractivity contribution >= 4 is 17.9 Å². The average Bonchev–Trinajstić information content (AvgIpc) is 3.29. The molecule has 8 heteroatoms. The van der Waals surface area contributed by atoms with Gasteiger partial charge in [-0.25, -0.2) is 0 Å². The summed E-state index contributed by atoms with van der Waals surface area (Å²) >= 11 is 0. The highest BCUT2D eigenvalue weighted by atomic mass is 16.5. The summed E-state index contributed by atoms with van der Waals surface area (Å²) in [6, 6.07) is 0. The summed E-state index contributed by atoms with van der Waals surface area (Å²) in [4.78, 5) is 31.8. The fourth-order valence-electron chi connectivity index (χ4n) is 6.56. The molecule has 0 aromatic heterocycles. The van der Waals surface area contributed by atoms with Gasteiger partial charge in [-0.15, -0.1) is 0 Å². The minimum atomic E-state index is -0.964. The molecular formula is C57H100O8-2. The number of aliphatic carboxylic acids is 2. The SMILES string of the molecule is CCCCC/C=C\C/C=C\CCCCCCCC(=O)OCC(O)CO.CCCCC/C=C\C/C=C\CCCCCCCC(=O)[O-].CCCCC/C=C\C/C=C\CCCCCCCC(=O)[O-]. The van der Waals surface area contributed by atoms with Gasteiger partial charge in [0.05, 0.1) is 6.61 Å². The lowest BCUT2D eigenvalue weighted by atomic mass is 10.1. The van der Waals surface area contributed by atoms with Crippen molar-refractivity contribution in [2.24, 2.45) is 0 Å². The largest absolute Gasteiger partial charge is 0.550 e. The molecule has 0 aromatic carbocycles. The van der Waals surface area contributed by atoms with Crippen LogP contribution in [0.5, 0.6) is 0 Å². The molecule has 0 bridgehead atoms. The Morgan fingerprint density at radius 2 is 0.662 bits per heavy atom. The number of aliphatic hydroxyl groups is 2. The molecule has 1 unspecified atom stereocenters. The van der Waals surface area contributed by atoms with Gasteiger partial charge in [0, 0.05) is 18.4 Å². The number of aliphatic hydroxyl groups excluding tert-OH is 2. The van der Waals surface area contributed by atoms with E-state index in [9.17, 15) is 24.6 Å². The van der Waals surface area contributed by atoms with Crippen molar-refractivity contribution in [3.63, 3.8) is 0 Å². The molecular weight excluding hydrogens is 813 g/mol. The first-order valence-corrected chi connectivity index (χ1v) is 26.5. The van der Waals surface area contributed by atoms with Crippen molar-refractivity contribution in [3.05, 3.63) is 72.9 Å². The molecule has 2 N–H and O–H groups in total. The molecule has 65 heavy (non-hydrogen) atoms. The third-order valence-corrected chi connectivity index (χ3v) is 10.6. The third-order valence-electron chi connectivity index (χ3n) is 10.6. The van der Waals surface area contributed by atoms with Gasteiger partial charge in [-0.05, 0) is 128 Å². The molecule has 0 radical (unpaired) electrons. The highest BCUT2D eigenvalue weighted by Gasteiger charge is 2.07. The summed E-state index contributed by atoms with van der Waals surface area (Å²) in [6.07, 6.45) is 65.0. The smallest absolute Gasteiger partial charge is 0.305 e. The number of unbranched alkanes of at least 4 members (excludes halogenated alkanes) is 24. The Morgan fingerprint density at radius 3 is 0.938 bits per heavy atom. The molecule has 0 fully saturated rings. The number of allylic oxidation sites excluding steroid dienone is 12. The zero-order valence-corrected chi connectivity index (χ0v) is 42.2. The minimum Gasteiger partial charge on any atom is -0.550 e. The maximum absolute atomic E-state index is 11.4. The standard InChI is InChI=1S/C21H38O4.2C18H32O2/c1-2-3-4-5-6-7-8-9-10-11-12-13-14-15-16-17-21(24)25-19-20(23)18-22;2*1-2-3-4-5-6-7-8-9-10-11-12-13-14-15-16-17-18(19)20/h6-7,9-10,20,22-23H,2-5,8,11-19H2,1H3;2*6-7,9-10H,2-5,8,11-17H2,1H3,(H,19,20)/p-2/b3*7-6-,10-9-. The first kappa shape index (κ1) is 66.0. The predicted octanol–water partition coefficient (Wildman–Crippen LogP) is 13.8. The number of carbonyl (C=O) groups excluding carboxylic acids is 3. The maximum atomic E-state index is 11.4. The molecule has 0 amide bonds. The minimum absolute atomic E-state index is 0.115. The number of hydrogen-bond acceptors (Lipinski definition) is 8. The van der Waals surface area contributed by atoms with Crippen LogP contribution in [0.15, 0.2) is 72.9 Å². The van der Waals surface area contributed by atoms with Crippen LogP contribution in [0.25, 0.3) is 0 Å². The second kappa shape index (κ2) is 60.8. The fourth-order valence-corrected chi connectivity index (χ4v) is 6.56. The monoisotopic (exact) mass is 913 g/mol. The molecule has 8 nitrogen and oxygen atoms in total. The van der Waals surface area contributed by atoms with E-state index < -0.39 is 18.0 Å². The molecule has 0 saturated carbocycles. The van der Waals surface area contributed by atoms with Crippen LogP contribution in [0, 0.1) is 0 Å². The Bertz CT molecular complexity index is 1110. The van der Waals surface area contributed by atoms with Crippen LogP contribution in [0.1, 0.15) is 252 Å². The van der Waals surface area contributed by atoms with Crippen molar-refractivity contribution in [2.75, 3.05) is 13.2 Å². The van der Waals surface area contributed by atoms with Crippen molar-refractivity contribution in [3.8, 4) is 0 Å². The first-order valence-electron chi connectivity index (χ1n) is 26.5. The topological polar surface area (TPSA) is 147 Å². The first-order chi connectivity index (χ1) is 31.7. The number of carboxylic acid groups (broad SMARTS) is 2. The van der Waals surface area contributed by atoms with E-state index in [2.05, 4.69) is 93.7 Å². The Morgan fingerprint density at radius 1 is 0.400 bits per heavy atom. The van der Waals surface area contributed by atoms with Crippen LogP contribution in [0.2, 0.25) is 0 Å². The number of hydrogen-bond donors (Lipinski definition) is 2. The van der Waals surface area contributed by atoms with E-state index in [1.807, 2.05) is 0 Å². The van der Waals surface area contributed by atoms with Crippen LogP contribution in [-0.2, 0) is 19.1 Å². The van der Waals surface area contributed by atoms with E-state index in [4.69, 9.17) is 14.9 Å². The van der Waals surface area contributed by atoms with E-state index in [0.717, 1.165) is 96.3 Å². The van der Waals surface area contributed by atoms with Crippen LogP contribution >= 0.6 is 0 Å². The van der Waals surface area contributed by atoms with Gasteiger partial charge < -0.3 is 34.8 Å². The summed E-state index contributed by atoms with van der Waals surface area (Å²) in [5.74, 6) is -2.13. The van der Waals surface area contributed by atoms with Gasteiger partial charge in [-0.3, -0.25) is 4.79 Å². The van der Waals surface area contributed by atoms with Gasteiger partial charge in [-0.1, -0.05) is 190 Å². The predicted molar refractivity (Wildman–Crippen MR) is 272 cm³/mol. The highest BCUT2D eigenvalue weighted by Crippen LogP contribution is 2.11. The zero-order chi connectivity index (χ0) is 48.4. The fraction of sp³-hybridized carbons (Fsp3) is 0.737.